The van der Waals surface area contributed by atoms with Gasteiger partial charge >= 0.3 is 6.03 Å². The van der Waals surface area contributed by atoms with Crippen molar-refractivity contribution in [1.29, 1.82) is 0 Å². The van der Waals surface area contributed by atoms with Gasteiger partial charge in [0, 0.05) is 51.9 Å². The molecule has 1 saturated heterocycles. The van der Waals surface area contributed by atoms with Gasteiger partial charge in [-0.25, -0.2) is 4.79 Å². The van der Waals surface area contributed by atoms with Gasteiger partial charge in [-0.15, -0.1) is 0 Å². The molecule has 0 unspecified atom stereocenters. The fraction of sp³-hybridized carbons (Fsp3) is 0.682. The maximum atomic E-state index is 12.9. The SMILES string of the molecule is CC(C)C[C@H](CN1CCN(C)CC1)NC(=O)N(CCO)CCc1ccccc1. The summed E-state index contributed by atoms with van der Waals surface area (Å²) in [5, 5.41) is 12.7. The minimum atomic E-state index is -0.0650. The zero-order chi connectivity index (χ0) is 20.4. The van der Waals surface area contributed by atoms with Crippen LogP contribution in [-0.2, 0) is 6.42 Å². The molecule has 6 nitrogen and oxygen atoms in total. The summed E-state index contributed by atoms with van der Waals surface area (Å²) in [5.41, 5.74) is 1.20. The number of aliphatic hydroxyl groups excluding tert-OH is 1. The van der Waals surface area contributed by atoms with Gasteiger partial charge in [-0.05, 0) is 31.4 Å². The van der Waals surface area contributed by atoms with Crippen molar-refractivity contribution < 1.29 is 9.90 Å². The summed E-state index contributed by atoms with van der Waals surface area (Å²) in [6, 6.07) is 10.2. The monoisotopic (exact) mass is 390 g/mol. The standard InChI is InChI=1S/C22H38N4O2/c1-19(2)17-21(18-25-13-11-24(3)12-14-25)23-22(28)26(15-16-27)10-9-20-7-5-4-6-8-20/h4-8,19,21,27H,9-18H2,1-3H3,(H,23,28)/t21-/m1/s1. The van der Waals surface area contributed by atoms with Gasteiger partial charge in [0.05, 0.1) is 6.61 Å². The molecule has 2 amide bonds. The number of hydrogen-bond donors (Lipinski definition) is 2. The molecular weight excluding hydrogens is 352 g/mol. The number of likely N-dealkylation sites (N-methyl/N-ethyl adjacent to an activating group) is 1. The van der Waals surface area contributed by atoms with E-state index in [1.54, 1.807) is 4.90 Å². The molecule has 2 rings (SSSR count). The van der Waals surface area contributed by atoms with Gasteiger partial charge in [0.15, 0.2) is 0 Å². The second-order valence-electron chi connectivity index (χ2n) is 8.33. The summed E-state index contributed by atoms with van der Waals surface area (Å²) in [6.45, 7) is 10.5. The molecule has 158 valence electrons. The molecule has 0 saturated carbocycles. The molecule has 0 aliphatic carbocycles. The first-order valence-corrected chi connectivity index (χ1v) is 10.6. The fourth-order valence-electron chi connectivity index (χ4n) is 3.70. The first-order valence-electron chi connectivity index (χ1n) is 10.6. The Kier molecular flexibility index (Phi) is 9.75. The average Bonchev–Trinajstić information content (AvgIpc) is 2.67. The zero-order valence-corrected chi connectivity index (χ0v) is 17.8. The van der Waals surface area contributed by atoms with E-state index in [0.29, 0.717) is 19.0 Å². The number of hydrogen-bond acceptors (Lipinski definition) is 4. The van der Waals surface area contributed by atoms with Crippen LogP contribution in [0, 0.1) is 5.92 Å². The molecule has 1 atom stereocenters. The van der Waals surface area contributed by atoms with Gasteiger partial charge in [0.1, 0.15) is 0 Å². The fourth-order valence-corrected chi connectivity index (χ4v) is 3.70. The Morgan fingerprint density at radius 1 is 1.14 bits per heavy atom. The number of rotatable bonds is 10. The maximum absolute atomic E-state index is 12.9. The number of aliphatic hydroxyl groups is 1. The summed E-state index contributed by atoms with van der Waals surface area (Å²) >= 11 is 0. The lowest BCUT2D eigenvalue weighted by molar-refractivity contribution is 0.133. The van der Waals surface area contributed by atoms with Crippen molar-refractivity contribution in [2.24, 2.45) is 5.92 Å². The molecule has 0 aromatic heterocycles. The number of amides is 2. The molecule has 1 aliphatic rings. The van der Waals surface area contributed by atoms with Crippen LogP contribution in [-0.4, -0.2) is 91.3 Å². The van der Waals surface area contributed by atoms with E-state index in [9.17, 15) is 9.90 Å². The van der Waals surface area contributed by atoms with Crippen LogP contribution in [0.4, 0.5) is 4.79 Å². The van der Waals surface area contributed by atoms with Crippen LogP contribution in [0.15, 0.2) is 30.3 Å². The Labute approximate surface area is 170 Å². The zero-order valence-electron chi connectivity index (χ0n) is 17.8. The highest BCUT2D eigenvalue weighted by Crippen LogP contribution is 2.10. The van der Waals surface area contributed by atoms with E-state index in [4.69, 9.17) is 0 Å². The lowest BCUT2D eigenvalue weighted by atomic mass is 10.0. The summed E-state index contributed by atoms with van der Waals surface area (Å²) in [6.07, 6.45) is 1.76. The van der Waals surface area contributed by atoms with Crippen molar-refractivity contribution >= 4 is 6.03 Å². The molecular formula is C22H38N4O2. The summed E-state index contributed by atoms with van der Waals surface area (Å²) in [7, 11) is 2.16. The largest absolute Gasteiger partial charge is 0.395 e. The minimum Gasteiger partial charge on any atom is -0.395 e. The first-order chi connectivity index (χ1) is 13.5. The molecule has 0 bridgehead atoms. The molecule has 1 aromatic carbocycles. The minimum absolute atomic E-state index is 0.0183. The quantitative estimate of drug-likeness (QED) is 0.641. The van der Waals surface area contributed by atoms with Gasteiger partial charge in [-0.1, -0.05) is 44.2 Å². The van der Waals surface area contributed by atoms with Crippen molar-refractivity contribution in [3.8, 4) is 0 Å². The Bertz CT molecular complexity index is 559. The van der Waals surface area contributed by atoms with Crippen molar-refractivity contribution in [1.82, 2.24) is 20.0 Å². The highest BCUT2D eigenvalue weighted by molar-refractivity contribution is 5.74. The number of carbonyl (C=O) groups excluding carboxylic acids is 1. The third-order valence-corrected chi connectivity index (χ3v) is 5.33. The molecule has 0 radical (unpaired) electrons. The van der Waals surface area contributed by atoms with E-state index < -0.39 is 0 Å². The number of benzene rings is 1. The Hall–Kier alpha value is -1.63. The Morgan fingerprint density at radius 3 is 2.43 bits per heavy atom. The Morgan fingerprint density at radius 2 is 1.82 bits per heavy atom. The lowest BCUT2D eigenvalue weighted by Crippen LogP contribution is -2.53. The van der Waals surface area contributed by atoms with Gasteiger partial charge in [0.25, 0.3) is 0 Å². The molecule has 1 heterocycles. The highest BCUT2D eigenvalue weighted by Gasteiger charge is 2.22. The van der Waals surface area contributed by atoms with Gasteiger partial charge < -0.3 is 20.2 Å². The third-order valence-electron chi connectivity index (χ3n) is 5.33. The molecule has 0 spiro atoms. The van der Waals surface area contributed by atoms with E-state index in [0.717, 1.165) is 45.6 Å². The average molecular weight is 391 g/mol. The summed E-state index contributed by atoms with van der Waals surface area (Å²) < 4.78 is 0. The molecule has 1 aromatic rings. The highest BCUT2D eigenvalue weighted by atomic mass is 16.3. The van der Waals surface area contributed by atoms with Crippen molar-refractivity contribution in [2.75, 3.05) is 59.5 Å². The number of piperazine rings is 1. The predicted molar refractivity (Wildman–Crippen MR) is 115 cm³/mol. The van der Waals surface area contributed by atoms with Gasteiger partial charge in [0.2, 0.25) is 0 Å². The van der Waals surface area contributed by atoms with E-state index >= 15 is 0 Å². The molecule has 28 heavy (non-hydrogen) atoms. The van der Waals surface area contributed by atoms with Crippen LogP contribution in [0.1, 0.15) is 25.8 Å². The van der Waals surface area contributed by atoms with E-state index in [1.165, 1.54) is 5.56 Å². The topological polar surface area (TPSA) is 59.0 Å². The summed E-state index contributed by atoms with van der Waals surface area (Å²) in [5.74, 6) is 0.522. The van der Waals surface area contributed by atoms with Crippen molar-refractivity contribution in [3.63, 3.8) is 0 Å². The van der Waals surface area contributed by atoms with Crippen LogP contribution >= 0.6 is 0 Å². The van der Waals surface area contributed by atoms with Gasteiger partial charge in [-0.2, -0.15) is 0 Å². The van der Waals surface area contributed by atoms with Crippen molar-refractivity contribution in [3.05, 3.63) is 35.9 Å². The number of nitrogens with zero attached hydrogens (tertiary/aromatic N) is 3. The Balaban J connectivity index is 1.91. The maximum Gasteiger partial charge on any atom is 0.317 e. The molecule has 1 aliphatic heterocycles. The number of urea groups is 1. The second-order valence-corrected chi connectivity index (χ2v) is 8.33. The smallest absolute Gasteiger partial charge is 0.317 e. The lowest BCUT2D eigenvalue weighted by Gasteiger charge is -2.36. The first kappa shape index (κ1) is 22.7. The number of nitrogens with one attached hydrogen (secondary N) is 1. The normalized spacial score (nSPS) is 16.9. The third kappa shape index (κ3) is 8.17. The van der Waals surface area contributed by atoms with Crippen LogP contribution in [0.3, 0.4) is 0 Å². The van der Waals surface area contributed by atoms with Crippen LogP contribution in [0.5, 0.6) is 0 Å². The van der Waals surface area contributed by atoms with Crippen LogP contribution < -0.4 is 5.32 Å². The predicted octanol–water partition coefficient (Wildman–Crippen LogP) is 1.90. The number of carbonyl (C=O) groups is 1. The van der Waals surface area contributed by atoms with Crippen LogP contribution in [0.25, 0.3) is 0 Å². The molecule has 6 heteroatoms. The van der Waals surface area contributed by atoms with Gasteiger partial charge in [-0.3, -0.25) is 4.90 Å². The molecule has 1 fully saturated rings. The van der Waals surface area contributed by atoms with Crippen molar-refractivity contribution in [2.45, 2.75) is 32.7 Å². The second kappa shape index (κ2) is 12.0. The van der Waals surface area contributed by atoms with E-state index in [2.05, 4.69) is 48.1 Å². The molecule has 2 N–H and O–H groups in total. The van der Waals surface area contributed by atoms with E-state index in [1.807, 2.05) is 18.2 Å². The summed E-state index contributed by atoms with van der Waals surface area (Å²) in [4.78, 5) is 19.5. The van der Waals surface area contributed by atoms with E-state index in [-0.39, 0.29) is 18.7 Å². The van der Waals surface area contributed by atoms with Crippen LogP contribution in [0.2, 0.25) is 0 Å².